The van der Waals surface area contributed by atoms with Crippen LogP contribution >= 0.6 is 0 Å². The molecule has 0 fully saturated rings. The molecular weight excluding hydrogens is 238 g/mol. The van der Waals surface area contributed by atoms with Gasteiger partial charge in [-0.25, -0.2) is 4.98 Å². The van der Waals surface area contributed by atoms with Crippen molar-refractivity contribution in [3.63, 3.8) is 0 Å². The van der Waals surface area contributed by atoms with E-state index in [9.17, 15) is 0 Å². The summed E-state index contributed by atoms with van der Waals surface area (Å²) in [6, 6.07) is 13.9. The number of aromatic nitrogens is 2. The third kappa shape index (κ3) is 2.06. The van der Waals surface area contributed by atoms with E-state index in [-0.39, 0.29) is 0 Å². The Bertz CT molecular complexity index is 718. The Morgan fingerprint density at radius 3 is 2.89 bits per heavy atom. The molecule has 0 aliphatic heterocycles. The molecule has 4 nitrogen and oxygen atoms in total. The van der Waals surface area contributed by atoms with Crippen LogP contribution in [0.15, 0.2) is 48.7 Å². The van der Waals surface area contributed by atoms with Crippen molar-refractivity contribution >= 4 is 11.5 Å². The number of fused-ring (bicyclic) bond motifs is 1. The highest BCUT2D eigenvalue weighted by Crippen LogP contribution is 2.26. The maximum absolute atomic E-state index is 6.16. The first-order valence-corrected chi connectivity index (χ1v) is 6.10. The number of benzene rings is 1. The molecule has 19 heavy (non-hydrogen) atoms. The minimum Gasteiger partial charge on any atom is -0.383 e. The van der Waals surface area contributed by atoms with Crippen LogP contribution in [0, 0.1) is 0 Å². The van der Waals surface area contributed by atoms with Gasteiger partial charge >= 0.3 is 0 Å². The molecule has 96 valence electrons. The van der Waals surface area contributed by atoms with Gasteiger partial charge in [0.15, 0.2) is 0 Å². The van der Waals surface area contributed by atoms with Gasteiger partial charge in [-0.05, 0) is 23.8 Å². The van der Waals surface area contributed by atoms with E-state index in [1.165, 1.54) is 0 Å². The van der Waals surface area contributed by atoms with E-state index in [4.69, 9.17) is 10.5 Å². The number of anilines is 1. The fraction of sp³-hybridized carbons (Fsp3) is 0.133. The number of hydrogen-bond donors (Lipinski definition) is 1. The lowest BCUT2D eigenvalue weighted by Crippen LogP contribution is -1.94. The van der Waals surface area contributed by atoms with E-state index in [1.807, 2.05) is 47.0 Å². The van der Waals surface area contributed by atoms with Crippen molar-refractivity contribution in [1.82, 2.24) is 9.38 Å². The zero-order valence-electron chi connectivity index (χ0n) is 10.7. The van der Waals surface area contributed by atoms with Gasteiger partial charge in [0, 0.05) is 18.9 Å². The molecule has 0 amide bonds. The average Bonchev–Trinajstić information content (AvgIpc) is 2.78. The highest BCUT2D eigenvalue weighted by atomic mass is 16.5. The topological polar surface area (TPSA) is 52.5 Å². The predicted octanol–water partition coefficient (Wildman–Crippen LogP) is 2.73. The minimum absolute atomic E-state index is 0.584. The minimum atomic E-state index is 0.584. The lowest BCUT2D eigenvalue weighted by molar-refractivity contribution is 0.185. The number of methoxy groups -OCH3 is 1. The van der Waals surface area contributed by atoms with Gasteiger partial charge in [0.2, 0.25) is 0 Å². The molecule has 2 N–H and O–H groups in total. The zero-order chi connectivity index (χ0) is 13.2. The summed E-state index contributed by atoms with van der Waals surface area (Å²) >= 11 is 0. The van der Waals surface area contributed by atoms with E-state index in [0.29, 0.717) is 12.4 Å². The Morgan fingerprint density at radius 1 is 1.21 bits per heavy atom. The zero-order valence-corrected chi connectivity index (χ0v) is 10.7. The highest BCUT2D eigenvalue weighted by Gasteiger charge is 2.10. The third-order valence-corrected chi connectivity index (χ3v) is 3.08. The second-order valence-electron chi connectivity index (χ2n) is 4.41. The summed E-state index contributed by atoms with van der Waals surface area (Å²) in [5, 5.41) is 0. The van der Waals surface area contributed by atoms with Crippen LogP contribution < -0.4 is 5.73 Å². The predicted molar refractivity (Wildman–Crippen MR) is 75.8 cm³/mol. The second-order valence-corrected chi connectivity index (χ2v) is 4.41. The monoisotopic (exact) mass is 253 g/mol. The largest absolute Gasteiger partial charge is 0.383 e. The van der Waals surface area contributed by atoms with Crippen molar-refractivity contribution in [2.45, 2.75) is 6.61 Å². The fourth-order valence-electron chi connectivity index (χ4n) is 2.20. The summed E-state index contributed by atoms with van der Waals surface area (Å²) in [7, 11) is 1.69. The fourth-order valence-corrected chi connectivity index (χ4v) is 2.20. The molecule has 4 heteroatoms. The van der Waals surface area contributed by atoms with Crippen LogP contribution in [0.2, 0.25) is 0 Å². The molecule has 1 aromatic carbocycles. The molecule has 0 aliphatic rings. The van der Waals surface area contributed by atoms with Crippen LogP contribution in [-0.4, -0.2) is 16.5 Å². The lowest BCUT2D eigenvalue weighted by atomic mass is 10.1. The number of imidazole rings is 1. The van der Waals surface area contributed by atoms with E-state index < -0.39 is 0 Å². The van der Waals surface area contributed by atoms with E-state index in [2.05, 4.69) is 11.1 Å². The van der Waals surface area contributed by atoms with Gasteiger partial charge in [0.1, 0.15) is 17.2 Å². The SMILES string of the molecule is COCc1cccc(-c2nc3ccccn3c2N)c1. The summed E-state index contributed by atoms with van der Waals surface area (Å²) in [5.74, 6) is 0.658. The maximum atomic E-state index is 6.16. The summed E-state index contributed by atoms with van der Waals surface area (Å²) in [6.07, 6.45) is 1.92. The van der Waals surface area contributed by atoms with Gasteiger partial charge in [0.25, 0.3) is 0 Å². The summed E-state index contributed by atoms with van der Waals surface area (Å²) in [5.41, 5.74) is 9.95. The van der Waals surface area contributed by atoms with Crippen LogP contribution in [0.5, 0.6) is 0 Å². The van der Waals surface area contributed by atoms with Crippen LogP contribution in [0.3, 0.4) is 0 Å². The third-order valence-electron chi connectivity index (χ3n) is 3.08. The standard InChI is InChI=1S/C15H15N3O/c1-19-10-11-5-4-6-12(9-11)14-15(16)18-8-3-2-7-13(18)17-14/h2-9H,10,16H2,1H3. The molecule has 3 aromatic rings. The summed E-state index contributed by atoms with van der Waals surface area (Å²) in [4.78, 5) is 4.58. The van der Waals surface area contributed by atoms with Crippen molar-refractivity contribution in [2.75, 3.05) is 12.8 Å². The Kier molecular flexibility index (Phi) is 2.93. The van der Waals surface area contributed by atoms with Crippen LogP contribution in [0.4, 0.5) is 5.82 Å². The summed E-state index contributed by atoms with van der Waals surface area (Å²) in [6.45, 7) is 0.584. The van der Waals surface area contributed by atoms with Gasteiger partial charge in [0.05, 0.1) is 6.61 Å². The number of nitrogen functional groups attached to an aromatic ring is 1. The van der Waals surface area contributed by atoms with Crippen molar-refractivity contribution < 1.29 is 4.74 Å². The van der Waals surface area contributed by atoms with Crippen molar-refractivity contribution in [2.24, 2.45) is 0 Å². The van der Waals surface area contributed by atoms with Gasteiger partial charge in [-0.2, -0.15) is 0 Å². The molecule has 2 aromatic heterocycles. The average molecular weight is 253 g/mol. The molecule has 2 heterocycles. The number of nitrogens with two attached hydrogens (primary N) is 1. The Balaban J connectivity index is 2.13. The van der Waals surface area contributed by atoms with Gasteiger partial charge < -0.3 is 10.5 Å². The smallest absolute Gasteiger partial charge is 0.139 e. The molecule has 0 aliphatic carbocycles. The molecule has 0 radical (unpaired) electrons. The van der Waals surface area contributed by atoms with Crippen molar-refractivity contribution in [3.8, 4) is 11.3 Å². The lowest BCUT2D eigenvalue weighted by Gasteiger charge is -2.03. The Labute approximate surface area is 111 Å². The highest BCUT2D eigenvalue weighted by molar-refractivity contribution is 5.75. The molecule has 0 spiro atoms. The Morgan fingerprint density at radius 2 is 2.11 bits per heavy atom. The number of rotatable bonds is 3. The molecule has 0 atom stereocenters. The van der Waals surface area contributed by atoms with Crippen LogP contribution in [-0.2, 0) is 11.3 Å². The number of ether oxygens (including phenoxy) is 1. The van der Waals surface area contributed by atoms with Crippen molar-refractivity contribution in [3.05, 3.63) is 54.2 Å². The maximum Gasteiger partial charge on any atom is 0.139 e. The van der Waals surface area contributed by atoms with Crippen molar-refractivity contribution in [1.29, 1.82) is 0 Å². The van der Waals surface area contributed by atoms with Crippen LogP contribution in [0.25, 0.3) is 16.9 Å². The molecule has 0 saturated heterocycles. The van der Waals surface area contributed by atoms with Gasteiger partial charge in [-0.3, -0.25) is 4.40 Å². The van der Waals surface area contributed by atoms with E-state index in [0.717, 1.165) is 22.5 Å². The first-order chi connectivity index (χ1) is 9.29. The summed E-state index contributed by atoms with van der Waals surface area (Å²) < 4.78 is 7.04. The first-order valence-electron chi connectivity index (χ1n) is 6.10. The first kappa shape index (κ1) is 11.7. The Hall–Kier alpha value is -2.33. The molecule has 0 saturated carbocycles. The quantitative estimate of drug-likeness (QED) is 0.780. The molecule has 0 bridgehead atoms. The molecular formula is C15H15N3O. The number of hydrogen-bond acceptors (Lipinski definition) is 3. The van der Waals surface area contributed by atoms with Gasteiger partial charge in [-0.1, -0.05) is 24.3 Å². The second kappa shape index (κ2) is 4.74. The molecule has 0 unspecified atom stereocenters. The number of nitrogens with zero attached hydrogens (tertiary/aromatic N) is 2. The van der Waals surface area contributed by atoms with Crippen LogP contribution in [0.1, 0.15) is 5.56 Å². The normalized spacial score (nSPS) is 11.0. The van der Waals surface area contributed by atoms with Gasteiger partial charge in [-0.15, -0.1) is 0 Å². The molecule has 3 rings (SSSR count). The number of pyridine rings is 1. The van der Waals surface area contributed by atoms with E-state index in [1.54, 1.807) is 7.11 Å². The van der Waals surface area contributed by atoms with E-state index >= 15 is 0 Å².